The molecule has 0 atom stereocenters. The molecule has 1 heterocycles. The Hall–Kier alpha value is -1.47. The van der Waals surface area contributed by atoms with Crippen molar-refractivity contribution in [3.8, 4) is 0 Å². The van der Waals surface area contributed by atoms with E-state index in [0.717, 1.165) is 15.7 Å². The lowest BCUT2D eigenvalue weighted by Gasteiger charge is -2.10. The molecule has 0 bridgehead atoms. The Kier molecular flexibility index (Phi) is 2.18. The van der Waals surface area contributed by atoms with Gasteiger partial charge in [-0.15, -0.1) is 0 Å². The van der Waals surface area contributed by atoms with Crippen molar-refractivity contribution in [2.45, 2.75) is 6.42 Å². The molecular weight excluding hydrogens is 244 g/mol. The summed E-state index contributed by atoms with van der Waals surface area (Å²) in [5, 5.41) is 0. The molecule has 68 valence electrons. The Morgan fingerprint density at radius 1 is 1.50 bits per heavy atom. The van der Waals surface area contributed by atoms with Gasteiger partial charge in [0.15, 0.2) is 11.5 Å². The van der Waals surface area contributed by atoms with Crippen LogP contribution >= 0.6 is 15.9 Å². The lowest BCUT2D eigenvalue weighted by Crippen LogP contribution is -2.08. The van der Waals surface area contributed by atoms with Crippen LogP contribution < -0.4 is 0 Å². The number of hydrogen-bond donors (Lipinski definition) is 0. The molecule has 0 saturated heterocycles. The fourth-order valence-electron chi connectivity index (χ4n) is 1.35. The van der Waals surface area contributed by atoms with Crippen LogP contribution in [0.25, 0.3) is 4.85 Å². The molecule has 0 unspecified atom stereocenters. The van der Waals surface area contributed by atoms with Crippen LogP contribution in [0.4, 0.5) is 11.4 Å². The van der Waals surface area contributed by atoms with Gasteiger partial charge >= 0.3 is 0 Å². The molecule has 0 fully saturated rings. The second kappa shape index (κ2) is 3.35. The minimum Gasteiger partial charge on any atom is -0.293 e. The highest BCUT2D eigenvalue weighted by molar-refractivity contribution is 9.10. The highest BCUT2D eigenvalue weighted by Gasteiger charge is 2.15. The zero-order valence-corrected chi connectivity index (χ0v) is 8.71. The third kappa shape index (κ3) is 1.47. The monoisotopic (exact) mass is 248 g/mol. The number of fused-ring (bicyclic) bond motifs is 1. The number of rotatable bonds is 0. The second-order valence-corrected chi connectivity index (χ2v) is 3.80. The van der Waals surface area contributed by atoms with Gasteiger partial charge in [0.1, 0.15) is 0 Å². The number of halogens is 1. The van der Waals surface area contributed by atoms with Gasteiger partial charge in [-0.05, 0) is 27.6 Å². The second-order valence-electron chi connectivity index (χ2n) is 2.95. The van der Waals surface area contributed by atoms with E-state index in [1.807, 2.05) is 0 Å². The summed E-state index contributed by atoms with van der Waals surface area (Å²) >= 11 is 3.33. The number of hydrogen-bond acceptors (Lipinski definition) is 2. The van der Waals surface area contributed by atoms with Crippen LogP contribution in [0.2, 0.25) is 0 Å². The third-order valence-electron chi connectivity index (χ3n) is 1.96. The molecule has 0 aromatic heterocycles. The normalized spacial score (nSPS) is 13.6. The molecule has 0 radical (unpaired) electrons. The molecule has 1 aromatic carbocycles. The Balaban J connectivity index is 2.63. The molecule has 3 nitrogen and oxygen atoms in total. The molecule has 0 aliphatic carbocycles. The number of Topliss-reactive ketones (excluding diaryl/α,β-unsaturated/α-hetero) is 1. The van der Waals surface area contributed by atoms with Crippen LogP contribution in [-0.4, -0.2) is 12.0 Å². The van der Waals surface area contributed by atoms with E-state index in [1.165, 1.54) is 6.21 Å². The molecule has 0 N–H and O–H groups in total. The van der Waals surface area contributed by atoms with Gasteiger partial charge in [-0.3, -0.25) is 9.79 Å². The van der Waals surface area contributed by atoms with E-state index < -0.39 is 0 Å². The molecule has 1 aliphatic heterocycles. The molecule has 0 saturated carbocycles. The summed E-state index contributed by atoms with van der Waals surface area (Å²) in [6, 6.07) is 3.42. The predicted octanol–water partition coefficient (Wildman–Crippen LogP) is 2.83. The lowest BCUT2D eigenvalue weighted by molar-refractivity contribution is -0.112. The highest BCUT2D eigenvalue weighted by Crippen LogP contribution is 2.35. The minimum absolute atomic E-state index is 0.0217. The van der Waals surface area contributed by atoms with E-state index >= 15 is 0 Å². The number of aliphatic imine (C=N–C) groups is 1. The standard InChI is InChI=1S/C10H5BrN2O/c1-12-7-2-6-3-8(14)5-13-10(6)9(11)4-7/h2,4-5H,3H2. The summed E-state index contributed by atoms with van der Waals surface area (Å²) in [5.41, 5.74) is 2.11. The van der Waals surface area contributed by atoms with Crippen LogP contribution in [0.5, 0.6) is 0 Å². The summed E-state index contributed by atoms with van der Waals surface area (Å²) in [6.07, 6.45) is 1.66. The molecule has 14 heavy (non-hydrogen) atoms. The first-order valence-corrected chi connectivity index (χ1v) is 4.77. The van der Waals surface area contributed by atoms with Crippen molar-refractivity contribution in [2.24, 2.45) is 4.99 Å². The number of benzene rings is 1. The van der Waals surface area contributed by atoms with Crippen LogP contribution in [0.3, 0.4) is 0 Å². The maximum atomic E-state index is 11.1. The minimum atomic E-state index is -0.0217. The Morgan fingerprint density at radius 2 is 2.29 bits per heavy atom. The van der Waals surface area contributed by atoms with E-state index in [9.17, 15) is 4.79 Å². The molecule has 1 aliphatic rings. The van der Waals surface area contributed by atoms with Crippen LogP contribution in [0.15, 0.2) is 21.6 Å². The molecule has 1 aromatic rings. The number of ketones is 1. The summed E-state index contributed by atoms with van der Waals surface area (Å²) in [4.78, 5) is 18.4. The van der Waals surface area contributed by atoms with Crippen molar-refractivity contribution in [1.82, 2.24) is 0 Å². The zero-order chi connectivity index (χ0) is 10.1. The van der Waals surface area contributed by atoms with Crippen LogP contribution in [-0.2, 0) is 11.2 Å². The molecule has 0 spiro atoms. The average molecular weight is 249 g/mol. The first-order chi connectivity index (χ1) is 6.70. The summed E-state index contributed by atoms with van der Waals surface area (Å²) < 4.78 is 0.768. The quantitative estimate of drug-likeness (QED) is 0.651. The molecule has 4 heteroatoms. The van der Waals surface area contributed by atoms with Gasteiger partial charge in [0.2, 0.25) is 0 Å². The molecule has 0 amide bonds. The van der Waals surface area contributed by atoms with Gasteiger partial charge in [0.25, 0.3) is 0 Å². The maximum absolute atomic E-state index is 11.1. The van der Waals surface area contributed by atoms with Gasteiger partial charge in [0, 0.05) is 10.9 Å². The topological polar surface area (TPSA) is 33.8 Å². The van der Waals surface area contributed by atoms with Crippen molar-refractivity contribution < 1.29 is 4.79 Å². The van der Waals surface area contributed by atoms with Gasteiger partial charge in [-0.1, -0.05) is 6.07 Å². The van der Waals surface area contributed by atoms with Crippen molar-refractivity contribution in [1.29, 1.82) is 0 Å². The predicted molar refractivity (Wildman–Crippen MR) is 57.3 cm³/mol. The average Bonchev–Trinajstić information content (AvgIpc) is 2.16. The molecular formula is C10H5BrN2O. The van der Waals surface area contributed by atoms with E-state index in [-0.39, 0.29) is 5.78 Å². The summed E-state index contributed by atoms with van der Waals surface area (Å²) in [7, 11) is 0. The fraction of sp³-hybridized carbons (Fsp3) is 0.100. The highest BCUT2D eigenvalue weighted by atomic mass is 79.9. The van der Waals surface area contributed by atoms with Gasteiger partial charge in [-0.2, -0.15) is 0 Å². The van der Waals surface area contributed by atoms with Crippen molar-refractivity contribution in [3.05, 3.63) is 33.6 Å². The first-order valence-electron chi connectivity index (χ1n) is 3.97. The van der Waals surface area contributed by atoms with Gasteiger partial charge < -0.3 is 0 Å². The number of carbonyl (C=O) groups excluding carboxylic acids is 1. The van der Waals surface area contributed by atoms with Crippen LogP contribution in [0.1, 0.15) is 5.56 Å². The van der Waals surface area contributed by atoms with E-state index in [2.05, 4.69) is 25.8 Å². The zero-order valence-electron chi connectivity index (χ0n) is 7.12. The Morgan fingerprint density at radius 3 is 3.00 bits per heavy atom. The third-order valence-corrected chi connectivity index (χ3v) is 2.56. The van der Waals surface area contributed by atoms with Gasteiger partial charge in [-0.25, -0.2) is 4.85 Å². The summed E-state index contributed by atoms with van der Waals surface area (Å²) in [5.74, 6) is -0.0217. The Bertz CT molecular complexity index is 486. The van der Waals surface area contributed by atoms with E-state index in [0.29, 0.717) is 12.1 Å². The number of carbonyl (C=O) groups is 1. The molecule has 2 rings (SSSR count). The van der Waals surface area contributed by atoms with Crippen molar-refractivity contribution in [3.63, 3.8) is 0 Å². The summed E-state index contributed by atoms with van der Waals surface area (Å²) in [6.45, 7) is 6.89. The Labute approximate surface area is 89.4 Å². The number of nitrogens with zero attached hydrogens (tertiary/aromatic N) is 2. The SMILES string of the molecule is [C-]#[N+]c1cc(Br)c2c(c1)CC(=O)C=N2. The van der Waals surface area contributed by atoms with E-state index in [1.54, 1.807) is 12.1 Å². The van der Waals surface area contributed by atoms with Crippen molar-refractivity contribution in [2.75, 3.05) is 0 Å². The maximum Gasteiger partial charge on any atom is 0.188 e. The fourth-order valence-corrected chi connectivity index (χ4v) is 1.95. The smallest absolute Gasteiger partial charge is 0.188 e. The van der Waals surface area contributed by atoms with Crippen LogP contribution in [0, 0.1) is 6.57 Å². The van der Waals surface area contributed by atoms with Gasteiger partial charge in [0.05, 0.1) is 18.5 Å². The van der Waals surface area contributed by atoms with E-state index in [4.69, 9.17) is 6.57 Å². The lowest BCUT2D eigenvalue weighted by atomic mass is 10.0. The first kappa shape index (κ1) is 9.10. The largest absolute Gasteiger partial charge is 0.293 e. The van der Waals surface area contributed by atoms with Crippen molar-refractivity contribution >= 4 is 39.3 Å².